The summed E-state index contributed by atoms with van der Waals surface area (Å²) in [4.78, 5) is 36.1. The molecule has 0 aromatic heterocycles. The van der Waals surface area contributed by atoms with Crippen molar-refractivity contribution in [2.45, 2.75) is 25.8 Å². The van der Waals surface area contributed by atoms with Gasteiger partial charge in [0.1, 0.15) is 0 Å². The number of aryl methyl sites for hydroxylation is 1. The number of fused-ring (bicyclic) bond motifs is 1. The summed E-state index contributed by atoms with van der Waals surface area (Å²) in [6.07, 6.45) is 1.56. The van der Waals surface area contributed by atoms with Crippen LogP contribution in [0.25, 0.3) is 10.8 Å². The summed E-state index contributed by atoms with van der Waals surface area (Å²) < 4.78 is 0. The van der Waals surface area contributed by atoms with Crippen LogP contribution in [0.1, 0.15) is 40.9 Å². The fourth-order valence-electron chi connectivity index (χ4n) is 3.43. The lowest BCUT2D eigenvalue weighted by molar-refractivity contribution is -0.126. The second-order valence-electron chi connectivity index (χ2n) is 7.16. The first kappa shape index (κ1) is 21.8. The van der Waals surface area contributed by atoms with Gasteiger partial charge in [-0.05, 0) is 47.4 Å². The van der Waals surface area contributed by atoms with Gasteiger partial charge in [-0.3, -0.25) is 25.2 Å². The molecule has 31 heavy (non-hydrogen) atoms. The summed E-state index contributed by atoms with van der Waals surface area (Å²) in [7, 11) is 0. The van der Waals surface area contributed by atoms with Crippen LogP contribution < -0.4 is 16.2 Å². The zero-order valence-electron chi connectivity index (χ0n) is 17.4. The van der Waals surface area contributed by atoms with E-state index < -0.39 is 5.91 Å². The monoisotopic (exact) mass is 415 g/mol. The smallest absolute Gasteiger partial charge is 0.261 e. The minimum Gasteiger partial charge on any atom is -0.345 e. The molecule has 0 spiro atoms. The average molecular weight is 415 g/mol. The minimum atomic E-state index is -0.490. The van der Waals surface area contributed by atoms with E-state index in [4.69, 9.17) is 0 Å². The Morgan fingerprint density at radius 2 is 1.65 bits per heavy atom. The van der Waals surface area contributed by atoms with E-state index >= 15 is 0 Å². The van der Waals surface area contributed by atoms with E-state index in [1.54, 1.807) is 12.1 Å². The number of carbonyl (C=O) groups is 3. The summed E-state index contributed by atoms with van der Waals surface area (Å²) in [6, 6.07) is 21.1. The molecule has 0 aliphatic rings. The Bertz CT molecular complexity index is 1120. The topological polar surface area (TPSA) is 87.3 Å². The van der Waals surface area contributed by atoms with Crippen LogP contribution in [0.15, 0.2) is 79.4 Å². The highest BCUT2D eigenvalue weighted by atomic mass is 16.2. The normalized spacial score (nSPS) is 11.4. The molecule has 0 saturated carbocycles. The molecule has 0 saturated heterocycles. The Labute approximate surface area is 181 Å². The van der Waals surface area contributed by atoms with Crippen molar-refractivity contribution >= 4 is 28.5 Å². The largest absolute Gasteiger partial charge is 0.345 e. The van der Waals surface area contributed by atoms with E-state index in [2.05, 4.69) is 22.7 Å². The van der Waals surface area contributed by atoms with Crippen molar-refractivity contribution in [3.05, 3.63) is 96.1 Å². The van der Waals surface area contributed by atoms with Gasteiger partial charge >= 0.3 is 0 Å². The van der Waals surface area contributed by atoms with E-state index in [1.807, 2.05) is 61.5 Å². The summed E-state index contributed by atoms with van der Waals surface area (Å²) in [6.45, 7) is 5.27. The van der Waals surface area contributed by atoms with Gasteiger partial charge in [0, 0.05) is 12.0 Å². The third-order valence-corrected chi connectivity index (χ3v) is 5.03. The predicted molar refractivity (Wildman–Crippen MR) is 121 cm³/mol. The van der Waals surface area contributed by atoms with Crippen LogP contribution in [0.3, 0.4) is 0 Å². The zero-order chi connectivity index (χ0) is 22.2. The number of amides is 3. The van der Waals surface area contributed by atoms with Gasteiger partial charge < -0.3 is 5.32 Å². The van der Waals surface area contributed by atoms with Crippen molar-refractivity contribution < 1.29 is 14.4 Å². The standard InChI is InChI=1S/C25H25N3O3/c1-3-23(29)27-28-24(30)16-15-19-10-5-7-13-22(19)25(31)26-17(2)20-14-8-11-18-9-4-6-12-21(18)20/h3-14,17H,1,15-16H2,2H3,(H,26,31)(H,27,29)(H,28,30). The maximum absolute atomic E-state index is 13.0. The van der Waals surface area contributed by atoms with E-state index in [-0.39, 0.29) is 24.3 Å². The number of carbonyl (C=O) groups excluding carboxylic acids is 3. The van der Waals surface area contributed by atoms with Crippen LogP contribution >= 0.6 is 0 Å². The Hall–Kier alpha value is -3.93. The van der Waals surface area contributed by atoms with Gasteiger partial charge in [0.2, 0.25) is 5.91 Å². The van der Waals surface area contributed by atoms with E-state index in [0.29, 0.717) is 12.0 Å². The molecule has 3 rings (SSSR count). The van der Waals surface area contributed by atoms with Crippen molar-refractivity contribution in [1.82, 2.24) is 16.2 Å². The number of hydrogen-bond acceptors (Lipinski definition) is 3. The van der Waals surface area contributed by atoms with Crippen LogP contribution in [0.5, 0.6) is 0 Å². The summed E-state index contributed by atoms with van der Waals surface area (Å²) >= 11 is 0. The van der Waals surface area contributed by atoms with Gasteiger partial charge in [0.25, 0.3) is 11.8 Å². The van der Waals surface area contributed by atoms with E-state index in [9.17, 15) is 14.4 Å². The highest BCUT2D eigenvalue weighted by molar-refractivity contribution is 5.96. The third kappa shape index (κ3) is 5.57. The van der Waals surface area contributed by atoms with Crippen molar-refractivity contribution in [1.29, 1.82) is 0 Å². The highest BCUT2D eigenvalue weighted by Gasteiger charge is 2.16. The lowest BCUT2D eigenvalue weighted by Gasteiger charge is -2.18. The van der Waals surface area contributed by atoms with E-state index in [1.165, 1.54) is 0 Å². The molecule has 6 nitrogen and oxygen atoms in total. The van der Waals surface area contributed by atoms with Crippen LogP contribution in [-0.2, 0) is 16.0 Å². The molecule has 3 amide bonds. The molecule has 0 aliphatic heterocycles. The first-order chi connectivity index (χ1) is 15.0. The van der Waals surface area contributed by atoms with Gasteiger partial charge in [-0.2, -0.15) is 0 Å². The lowest BCUT2D eigenvalue weighted by Crippen LogP contribution is -2.40. The Balaban J connectivity index is 1.69. The van der Waals surface area contributed by atoms with Crippen molar-refractivity contribution in [3.8, 4) is 0 Å². The summed E-state index contributed by atoms with van der Waals surface area (Å²) in [5.74, 6) is -1.04. The number of hydrazine groups is 1. The van der Waals surface area contributed by atoms with Crippen molar-refractivity contribution in [2.24, 2.45) is 0 Å². The third-order valence-electron chi connectivity index (χ3n) is 5.03. The molecule has 1 unspecified atom stereocenters. The van der Waals surface area contributed by atoms with Crippen LogP contribution in [0, 0.1) is 0 Å². The lowest BCUT2D eigenvalue weighted by atomic mass is 9.98. The molecule has 6 heteroatoms. The zero-order valence-corrected chi connectivity index (χ0v) is 17.4. The predicted octanol–water partition coefficient (Wildman–Crippen LogP) is 3.60. The van der Waals surface area contributed by atoms with Crippen LogP contribution in [0.2, 0.25) is 0 Å². The second kappa shape index (κ2) is 10.2. The fraction of sp³-hybridized carbons (Fsp3) is 0.160. The number of nitrogens with one attached hydrogen (secondary N) is 3. The van der Waals surface area contributed by atoms with Crippen molar-refractivity contribution in [2.75, 3.05) is 0 Å². The molecule has 0 aliphatic carbocycles. The quantitative estimate of drug-likeness (QED) is 0.407. The molecule has 3 aromatic rings. The van der Waals surface area contributed by atoms with Gasteiger partial charge in [0.05, 0.1) is 6.04 Å². The SMILES string of the molecule is C=CC(=O)NNC(=O)CCc1ccccc1C(=O)NC(C)c1cccc2ccccc12. The molecule has 158 valence electrons. The molecule has 3 N–H and O–H groups in total. The first-order valence-electron chi connectivity index (χ1n) is 10.1. The molecule has 0 fully saturated rings. The number of hydrogen-bond donors (Lipinski definition) is 3. The number of benzene rings is 3. The van der Waals surface area contributed by atoms with E-state index in [0.717, 1.165) is 28.0 Å². The second-order valence-corrected chi connectivity index (χ2v) is 7.16. The van der Waals surface area contributed by atoms with Gasteiger partial charge in [-0.25, -0.2) is 0 Å². The molecule has 0 radical (unpaired) electrons. The van der Waals surface area contributed by atoms with Crippen LogP contribution in [0.4, 0.5) is 0 Å². The Kier molecular flexibility index (Phi) is 7.17. The van der Waals surface area contributed by atoms with Gasteiger partial charge in [-0.15, -0.1) is 0 Å². The molecular formula is C25H25N3O3. The van der Waals surface area contributed by atoms with Crippen molar-refractivity contribution in [3.63, 3.8) is 0 Å². The summed E-state index contributed by atoms with van der Waals surface area (Å²) in [5.41, 5.74) is 6.87. The maximum atomic E-state index is 13.0. The Morgan fingerprint density at radius 3 is 2.45 bits per heavy atom. The summed E-state index contributed by atoms with van der Waals surface area (Å²) in [5, 5.41) is 5.30. The molecule has 0 bridgehead atoms. The molecule has 1 atom stereocenters. The highest BCUT2D eigenvalue weighted by Crippen LogP contribution is 2.24. The molecule has 0 heterocycles. The average Bonchev–Trinajstić information content (AvgIpc) is 2.80. The molecule has 3 aromatic carbocycles. The first-order valence-corrected chi connectivity index (χ1v) is 10.1. The van der Waals surface area contributed by atoms with Gasteiger partial charge in [0.15, 0.2) is 0 Å². The number of rotatable bonds is 7. The maximum Gasteiger partial charge on any atom is 0.261 e. The van der Waals surface area contributed by atoms with Crippen LogP contribution in [-0.4, -0.2) is 17.7 Å². The fourth-order valence-corrected chi connectivity index (χ4v) is 3.43. The minimum absolute atomic E-state index is 0.126. The van der Waals surface area contributed by atoms with Gasteiger partial charge in [-0.1, -0.05) is 67.2 Å². The molecular weight excluding hydrogens is 390 g/mol. The Morgan fingerprint density at radius 1 is 0.935 bits per heavy atom.